The molecule has 0 bridgehead atoms. The number of hydrogen-bond donors (Lipinski definition) is 1. The second kappa shape index (κ2) is 4.67. The van der Waals surface area contributed by atoms with Gasteiger partial charge in [0.05, 0.1) is 18.9 Å². The average Bonchev–Trinajstić information content (AvgIpc) is 2.63. The maximum atomic E-state index is 5.29. The molecule has 0 atom stereocenters. The van der Waals surface area contributed by atoms with Crippen molar-refractivity contribution in [2.24, 2.45) is 5.41 Å². The van der Waals surface area contributed by atoms with Gasteiger partial charge in [-0.05, 0) is 13.1 Å². The minimum absolute atomic E-state index is 0.112. The van der Waals surface area contributed by atoms with E-state index in [1.54, 1.807) is 0 Å². The summed E-state index contributed by atoms with van der Waals surface area (Å²) in [4.78, 5) is 2.34. The van der Waals surface area contributed by atoms with Crippen LogP contribution in [0.25, 0.3) is 0 Å². The molecule has 1 aromatic heterocycles. The van der Waals surface area contributed by atoms with Crippen molar-refractivity contribution in [2.45, 2.75) is 39.7 Å². The highest BCUT2D eigenvalue weighted by atomic mass is 16.5. The predicted molar refractivity (Wildman–Crippen MR) is 72.5 cm³/mol. The largest absolute Gasteiger partial charge is 0.380 e. The van der Waals surface area contributed by atoms with Crippen molar-refractivity contribution in [3.05, 3.63) is 17.5 Å². The van der Waals surface area contributed by atoms with Crippen LogP contribution in [0.15, 0.2) is 6.07 Å². The molecule has 1 aliphatic rings. The van der Waals surface area contributed by atoms with E-state index >= 15 is 0 Å². The van der Waals surface area contributed by atoms with Gasteiger partial charge in [-0.3, -0.25) is 10.00 Å². The number of aromatic amines is 1. The molecule has 2 rings (SSSR count). The minimum Gasteiger partial charge on any atom is -0.380 e. The number of ether oxygens (including phenoxy) is 1. The quantitative estimate of drug-likeness (QED) is 0.891. The Morgan fingerprint density at radius 2 is 2.11 bits per heavy atom. The summed E-state index contributed by atoms with van der Waals surface area (Å²) in [5.41, 5.74) is 2.76. The van der Waals surface area contributed by atoms with Crippen LogP contribution in [0.4, 0.5) is 0 Å². The van der Waals surface area contributed by atoms with Gasteiger partial charge in [-0.1, -0.05) is 27.7 Å². The first-order chi connectivity index (χ1) is 8.28. The second-order valence-corrected chi connectivity index (χ2v) is 7.00. The molecule has 0 aromatic carbocycles. The Bertz CT molecular complexity index is 401. The van der Waals surface area contributed by atoms with E-state index in [-0.39, 0.29) is 5.41 Å². The van der Waals surface area contributed by atoms with Crippen molar-refractivity contribution in [1.29, 1.82) is 0 Å². The maximum absolute atomic E-state index is 5.29. The van der Waals surface area contributed by atoms with Crippen LogP contribution >= 0.6 is 0 Å². The van der Waals surface area contributed by atoms with Crippen LogP contribution in [-0.4, -0.2) is 41.9 Å². The number of hydrogen-bond acceptors (Lipinski definition) is 3. The molecule has 1 fully saturated rings. The normalized spacial score (nSPS) is 19.0. The van der Waals surface area contributed by atoms with Gasteiger partial charge in [0.2, 0.25) is 0 Å². The molecule has 0 saturated carbocycles. The molecule has 0 aliphatic carbocycles. The zero-order valence-corrected chi connectivity index (χ0v) is 12.2. The average molecular weight is 251 g/mol. The first kappa shape index (κ1) is 13.6. The standard InChI is InChI=1S/C14H25N3O/c1-13(2,3)12-6-11(15-16-12)7-17(5)8-14(4)9-18-10-14/h6H,7-10H2,1-5H3,(H,15,16). The van der Waals surface area contributed by atoms with E-state index in [9.17, 15) is 0 Å². The third-order valence-corrected chi connectivity index (χ3v) is 3.39. The fourth-order valence-electron chi connectivity index (χ4n) is 2.37. The number of H-pyrrole nitrogens is 1. The molecule has 0 amide bonds. The summed E-state index contributed by atoms with van der Waals surface area (Å²) < 4.78 is 5.29. The minimum atomic E-state index is 0.112. The van der Waals surface area contributed by atoms with Gasteiger partial charge in [-0.2, -0.15) is 5.10 Å². The summed E-state index contributed by atoms with van der Waals surface area (Å²) in [7, 11) is 2.15. The van der Waals surface area contributed by atoms with Crippen LogP contribution in [0.5, 0.6) is 0 Å². The Kier molecular flexibility index (Phi) is 3.52. The van der Waals surface area contributed by atoms with Gasteiger partial charge in [0, 0.05) is 29.6 Å². The smallest absolute Gasteiger partial charge is 0.0678 e. The maximum Gasteiger partial charge on any atom is 0.0678 e. The van der Waals surface area contributed by atoms with Crippen LogP contribution in [0.1, 0.15) is 39.1 Å². The summed E-state index contributed by atoms with van der Waals surface area (Å²) in [6.07, 6.45) is 0. The Morgan fingerprint density at radius 3 is 2.56 bits per heavy atom. The van der Waals surface area contributed by atoms with Crippen LogP contribution in [-0.2, 0) is 16.7 Å². The van der Waals surface area contributed by atoms with Crippen molar-refractivity contribution in [3.63, 3.8) is 0 Å². The SMILES string of the molecule is CN(Cc1cc(C(C)(C)C)n[nH]1)CC1(C)COC1. The highest BCUT2D eigenvalue weighted by molar-refractivity contribution is 5.16. The summed E-state index contributed by atoms with van der Waals surface area (Å²) >= 11 is 0. The van der Waals surface area contributed by atoms with Gasteiger partial charge < -0.3 is 4.74 Å². The van der Waals surface area contributed by atoms with Gasteiger partial charge in [0.25, 0.3) is 0 Å². The summed E-state index contributed by atoms with van der Waals surface area (Å²) in [5.74, 6) is 0. The summed E-state index contributed by atoms with van der Waals surface area (Å²) in [5, 5.41) is 7.54. The molecule has 2 heterocycles. The molecule has 1 aromatic rings. The number of rotatable bonds is 4. The van der Waals surface area contributed by atoms with Crippen molar-refractivity contribution in [2.75, 3.05) is 26.8 Å². The molecule has 1 saturated heterocycles. The zero-order valence-electron chi connectivity index (χ0n) is 12.2. The van der Waals surface area contributed by atoms with E-state index in [0.29, 0.717) is 5.41 Å². The van der Waals surface area contributed by atoms with Crippen LogP contribution < -0.4 is 0 Å². The summed E-state index contributed by atoms with van der Waals surface area (Å²) in [6, 6.07) is 2.18. The fraction of sp³-hybridized carbons (Fsp3) is 0.786. The van der Waals surface area contributed by atoms with E-state index in [0.717, 1.165) is 32.0 Å². The molecule has 1 N–H and O–H groups in total. The lowest BCUT2D eigenvalue weighted by Gasteiger charge is -2.40. The molecule has 0 spiro atoms. The van der Waals surface area contributed by atoms with E-state index in [1.165, 1.54) is 5.69 Å². The third-order valence-electron chi connectivity index (χ3n) is 3.39. The predicted octanol–water partition coefficient (Wildman–Crippen LogP) is 2.18. The lowest BCUT2D eigenvalue weighted by Crippen LogP contribution is -2.47. The number of nitrogens with zero attached hydrogens (tertiary/aromatic N) is 2. The fourth-order valence-corrected chi connectivity index (χ4v) is 2.37. The molecule has 4 heteroatoms. The van der Waals surface area contributed by atoms with Gasteiger partial charge in [-0.25, -0.2) is 0 Å². The van der Waals surface area contributed by atoms with E-state index in [2.05, 4.69) is 55.9 Å². The Hall–Kier alpha value is -0.870. The van der Waals surface area contributed by atoms with Crippen LogP contribution in [0, 0.1) is 5.41 Å². The lowest BCUT2D eigenvalue weighted by atomic mass is 9.88. The second-order valence-electron chi connectivity index (χ2n) is 7.00. The molecular weight excluding hydrogens is 226 g/mol. The van der Waals surface area contributed by atoms with Gasteiger partial charge >= 0.3 is 0 Å². The molecule has 102 valence electrons. The monoisotopic (exact) mass is 251 g/mol. The number of aromatic nitrogens is 2. The van der Waals surface area contributed by atoms with Crippen LogP contribution in [0.2, 0.25) is 0 Å². The van der Waals surface area contributed by atoms with Gasteiger partial charge in [0.15, 0.2) is 0 Å². The van der Waals surface area contributed by atoms with Crippen molar-refractivity contribution < 1.29 is 4.74 Å². The highest BCUT2D eigenvalue weighted by Crippen LogP contribution is 2.27. The highest BCUT2D eigenvalue weighted by Gasteiger charge is 2.34. The lowest BCUT2D eigenvalue weighted by molar-refractivity contribution is -0.113. The topological polar surface area (TPSA) is 41.2 Å². The molecule has 1 aliphatic heterocycles. The first-order valence-electron chi connectivity index (χ1n) is 6.60. The zero-order chi connectivity index (χ0) is 13.4. The van der Waals surface area contributed by atoms with E-state index in [1.807, 2.05) is 0 Å². The van der Waals surface area contributed by atoms with Crippen molar-refractivity contribution >= 4 is 0 Å². The van der Waals surface area contributed by atoms with E-state index < -0.39 is 0 Å². The third kappa shape index (κ3) is 3.12. The molecule has 0 unspecified atom stereocenters. The molecule has 18 heavy (non-hydrogen) atoms. The van der Waals surface area contributed by atoms with E-state index in [4.69, 9.17) is 4.74 Å². The first-order valence-corrected chi connectivity index (χ1v) is 6.60. The molecule has 0 radical (unpaired) electrons. The van der Waals surface area contributed by atoms with Crippen molar-refractivity contribution in [3.8, 4) is 0 Å². The van der Waals surface area contributed by atoms with Crippen molar-refractivity contribution in [1.82, 2.24) is 15.1 Å². The Morgan fingerprint density at radius 1 is 1.44 bits per heavy atom. The number of nitrogens with one attached hydrogen (secondary N) is 1. The molecule has 4 nitrogen and oxygen atoms in total. The van der Waals surface area contributed by atoms with Gasteiger partial charge in [-0.15, -0.1) is 0 Å². The Balaban J connectivity index is 1.91. The van der Waals surface area contributed by atoms with Crippen LogP contribution in [0.3, 0.4) is 0 Å². The Labute approximate surface area is 110 Å². The molecular formula is C14H25N3O. The van der Waals surface area contributed by atoms with Gasteiger partial charge in [0.1, 0.15) is 0 Å². The summed E-state index contributed by atoms with van der Waals surface area (Å²) in [6.45, 7) is 12.6.